The third-order valence-corrected chi connectivity index (χ3v) is 5.94. The molecule has 0 aliphatic carbocycles. The van der Waals surface area contributed by atoms with Gasteiger partial charge in [0.25, 0.3) is 0 Å². The molecule has 0 saturated carbocycles. The van der Waals surface area contributed by atoms with Gasteiger partial charge in [-0.2, -0.15) is 0 Å². The molecule has 0 bridgehead atoms. The average Bonchev–Trinajstić information content (AvgIpc) is 2.83. The Morgan fingerprint density at radius 3 is 2.10 bits per heavy atom. The molecule has 1 amide bonds. The van der Waals surface area contributed by atoms with Gasteiger partial charge in [-0.3, -0.25) is 5.32 Å². The zero-order valence-electron chi connectivity index (χ0n) is 19.5. The van der Waals surface area contributed by atoms with Gasteiger partial charge in [-0.15, -0.1) is 0 Å². The van der Waals surface area contributed by atoms with Crippen molar-refractivity contribution in [1.82, 2.24) is 0 Å². The molecule has 1 atom stereocenters. The van der Waals surface area contributed by atoms with Crippen molar-refractivity contribution >= 4 is 11.8 Å². The highest BCUT2D eigenvalue weighted by atomic mass is 16.6. The van der Waals surface area contributed by atoms with Crippen LogP contribution in [0.3, 0.4) is 0 Å². The van der Waals surface area contributed by atoms with Crippen LogP contribution in [0, 0.1) is 27.7 Å². The number of nitrogens with one attached hydrogen (secondary N) is 1. The number of anilines is 1. The zero-order chi connectivity index (χ0) is 22.6. The van der Waals surface area contributed by atoms with Crippen LogP contribution < -0.4 is 10.1 Å². The minimum Gasteiger partial charge on any atom is -0.483 e. The van der Waals surface area contributed by atoms with Crippen LogP contribution in [0.4, 0.5) is 10.5 Å². The molecule has 1 aliphatic heterocycles. The molecule has 2 aromatic rings. The Hall–Kier alpha value is -2.53. The third kappa shape index (κ3) is 3.45. The van der Waals surface area contributed by atoms with Crippen LogP contribution in [-0.4, -0.2) is 22.4 Å². The number of hydrogen-bond donors (Lipinski definition) is 2. The Morgan fingerprint density at radius 1 is 1.00 bits per heavy atom. The number of aryl methyl sites for hydroxylation is 1. The number of benzene rings is 2. The highest BCUT2D eigenvalue weighted by molar-refractivity contribution is 5.89. The van der Waals surface area contributed by atoms with E-state index in [1.54, 1.807) is 0 Å². The molecule has 0 radical (unpaired) electrons. The highest BCUT2D eigenvalue weighted by Crippen LogP contribution is 2.56. The molecule has 2 aromatic carbocycles. The first-order valence-corrected chi connectivity index (χ1v) is 10.3. The molecule has 1 aliphatic rings. The zero-order valence-corrected chi connectivity index (χ0v) is 19.5. The second-order valence-corrected chi connectivity index (χ2v) is 9.77. The van der Waals surface area contributed by atoms with Crippen molar-refractivity contribution in [3.63, 3.8) is 0 Å². The summed E-state index contributed by atoms with van der Waals surface area (Å²) < 4.78 is 11.8. The maximum atomic E-state index is 12.5. The molecule has 0 aromatic heterocycles. The van der Waals surface area contributed by atoms with Crippen molar-refractivity contribution in [3.8, 4) is 5.75 Å². The Bertz CT molecular complexity index is 1000. The van der Waals surface area contributed by atoms with E-state index in [0.717, 1.165) is 27.8 Å². The summed E-state index contributed by atoms with van der Waals surface area (Å²) in [7, 11) is 0. The van der Waals surface area contributed by atoms with Gasteiger partial charge in [0.1, 0.15) is 17.0 Å². The Labute approximate surface area is 179 Å². The number of carbonyl (C=O) groups is 1. The van der Waals surface area contributed by atoms with Crippen molar-refractivity contribution in [2.45, 2.75) is 79.1 Å². The molecular formula is C25H33NO4. The van der Waals surface area contributed by atoms with Crippen LogP contribution >= 0.6 is 0 Å². The number of aliphatic hydroxyl groups is 1. The van der Waals surface area contributed by atoms with Crippen molar-refractivity contribution in [1.29, 1.82) is 0 Å². The van der Waals surface area contributed by atoms with Gasteiger partial charge >= 0.3 is 6.09 Å². The second-order valence-electron chi connectivity index (χ2n) is 9.77. The first kappa shape index (κ1) is 22.2. The minimum atomic E-state index is -1.37. The molecule has 5 nitrogen and oxygen atoms in total. The molecule has 1 unspecified atom stereocenters. The summed E-state index contributed by atoms with van der Waals surface area (Å²) in [6, 6.07) is 7.84. The summed E-state index contributed by atoms with van der Waals surface area (Å²) in [5, 5.41) is 15.0. The molecule has 162 valence electrons. The predicted molar refractivity (Wildman–Crippen MR) is 119 cm³/mol. The first-order chi connectivity index (χ1) is 13.7. The molecule has 0 spiro atoms. The lowest BCUT2D eigenvalue weighted by Gasteiger charge is -2.36. The van der Waals surface area contributed by atoms with Crippen molar-refractivity contribution in [2.24, 2.45) is 0 Å². The van der Waals surface area contributed by atoms with Crippen molar-refractivity contribution in [2.75, 3.05) is 5.32 Å². The van der Waals surface area contributed by atoms with Crippen LogP contribution in [0.5, 0.6) is 5.75 Å². The largest absolute Gasteiger partial charge is 0.483 e. The van der Waals surface area contributed by atoms with Crippen LogP contribution in [-0.2, 0) is 10.3 Å². The van der Waals surface area contributed by atoms with Gasteiger partial charge < -0.3 is 14.6 Å². The van der Waals surface area contributed by atoms with E-state index in [0.29, 0.717) is 17.0 Å². The van der Waals surface area contributed by atoms with Crippen LogP contribution in [0.15, 0.2) is 24.3 Å². The normalized spacial score (nSPS) is 19.8. The number of carbonyl (C=O) groups excluding carboxylic acids is 1. The lowest BCUT2D eigenvalue weighted by Crippen LogP contribution is -2.47. The number of hydrogen-bond acceptors (Lipinski definition) is 4. The van der Waals surface area contributed by atoms with E-state index in [2.05, 4.69) is 5.32 Å². The summed E-state index contributed by atoms with van der Waals surface area (Å²) in [6.45, 7) is 17.1. The Balaban J connectivity index is 2.21. The molecule has 5 heteroatoms. The summed E-state index contributed by atoms with van der Waals surface area (Å²) in [4.78, 5) is 12.5. The maximum Gasteiger partial charge on any atom is 0.412 e. The molecule has 0 fully saturated rings. The van der Waals surface area contributed by atoms with E-state index >= 15 is 0 Å². The fourth-order valence-electron chi connectivity index (χ4n) is 4.19. The van der Waals surface area contributed by atoms with E-state index in [1.807, 2.05) is 86.6 Å². The molecule has 1 heterocycles. The van der Waals surface area contributed by atoms with Crippen molar-refractivity contribution < 1.29 is 19.4 Å². The summed E-state index contributed by atoms with van der Waals surface area (Å²) in [5.74, 6) is 0.674. The Kier molecular flexibility index (Phi) is 5.18. The fourth-order valence-corrected chi connectivity index (χ4v) is 4.19. The van der Waals surface area contributed by atoms with E-state index in [1.165, 1.54) is 0 Å². The van der Waals surface area contributed by atoms with Gasteiger partial charge in [-0.05, 0) is 84.6 Å². The summed E-state index contributed by atoms with van der Waals surface area (Å²) in [6.07, 6.45) is -0.523. The van der Waals surface area contributed by atoms with Gasteiger partial charge in [0.2, 0.25) is 0 Å². The molecule has 0 saturated heterocycles. The summed E-state index contributed by atoms with van der Waals surface area (Å²) in [5.41, 5.74) is 2.88. The number of ether oxygens (including phenoxy) is 2. The predicted octanol–water partition coefficient (Wildman–Crippen LogP) is 5.67. The minimum absolute atomic E-state index is 0.523. The van der Waals surface area contributed by atoms with Gasteiger partial charge in [-0.1, -0.05) is 29.8 Å². The molecular weight excluding hydrogens is 378 g/mol. The van der Waals surface area contributed by atoms with Gasteiger partial charge in [0, 0.05) is 5.56 Å². The van der Waals surface area contributed by atoms with E-state index < -0.39 is 22.9 Å². The highest BCUT2D eigenvalue weighted by Gasteiger charge is 2.56. The van der Waals surface area contributed by atoms with E-state index in [9.17, 15) is 9.90 Å². The third-order valence-electron chi connectivity index (χ3n) is 5.94. The quantitative estimate of drug-likeness (QED) is 0.668. The lowest BCUT2D eigenvalue weighted by atomic mass is 9.74. The molecule has 30 heavy (non-hydrogen) atoms. The molecule has 3 rings (SSSR count). The van der Waals surface area contributed by atoms with Gasteiger partial charge in [0.05, 0.1) is 5.69 Å². The first-order valence-electron chi connectivity index (χ1n) is 10.3. The number of amides is 1. The standard InChI is InChI=1S/C25H33NO4/c1-14-10-12-18(13-11-14)25(28)19-17(4)20(26-22(27)30-23(5,6)7)15(2)16(3)21(19)29-24(25,8)9/h10-13,28H,1-9H3,(H,26,27). The Morgan fingerprint density at radius 2 is 1.57 bits per heavy atom. The monoisotopic (exact) mass is 411 g/mol. The number of rotatable bonds is 2. The topological polar surface area (TPSA) is 67.8 Å². The summed E-state index contributed by atoms with van der Waals surface area (Å²) >= 11 is 0. The smallest absolute Gasteiger partial charge is 0.412 e. The van der Waals surface area contributed by atoms with Crippen LogP contribution in [0.25, 0.3) is 0 Å². The second kappa shape index (κ2) is 7.02. The lowest BCUT2D eigenvalue weighted by molar-refractivity contribution is -0.0645. The van der Waals surface area contributed by atoms with Gasteiger partial charge in [-0.25, -0.2) is 4.79 Å². The average molecular weight is 412 g/mol. The fraction of sp³-hybridized carbons (Fsp3) is 0.480. The SMILES string of the molecule is Cc1ccc(C2(O)c3c(C)c(NC(=O)OC(C)(C)C)c(C)c(C)c3OC2(C)C)cc1. The van der Waals surface area contributed by atoms with E-state index in [-0.39, 0.29) is 0 Å². The maximum absolute atomic E-state index is 12.5. The van der Waals surface area contributed by atoms with Crippen LogP contribution in [0.1, 0.15) is 68.0 Å². The van der Waals surface area contributed by atoms with Crippen molar-refractivity contribution in [3.05, 3.63) is 57.6 Å². The van der Waals surface area contributed by atoms with E-state index in [4.69, 9.17) is 9.47 Å². The van der Waals surface area contributed by atoms with Gasteiger partial charge in [0.15, 0.2) is 5.60 Å². The molecule has 2 N–H and O–H groups in total. The number of fused-ring (bicyclic) bond motifs is 1. The van der Waals surface area contributed by atoms with Crippen LogP contribution in [0.2, 0.25) is 0 Å².